The Morgan fingerprint density at radius 3 is 2.40 bits per heavy atom. The Morgan fingerprint density at radius 2 is 1.64 bits per heavy atom. The molecule has 0 atom stereocenters. The smallest absolute Gasteiger partial charge is 0.263 e. The zero-order chi connectivity index (χ0) is 17.1. The van der Waals surface area contributed by atoms with E-state index in [-0.39, 0.29) is 5.56 Å². The van der Waals surface area contributed by atoms with Crippen LogP contribution in [0.5, 0.6) is 0 Å². The highest BCUT2D eigenvalue weighted by molar-refractivity contribution is 7.15. The first-order valence-electron chi connectivity index (χ1n) is 7.94. The van der Waals surface area contributed by atoms with Gasteiger partial charge in [0.25, 0.3) is 5.56 Å². The van der Waals surface area contributed by atoms with Crippen LogP contribution in [0.2, 0.25) is 0 Å². The Morgan fingerprint density at radius 1 is 0.920 bits per heavy atom. The van der Waals surface area contributed by atoms with Gasteiger partial charge in [-0.05, 0) is 29.8 Å². The summed E-state index contributed by atoms with van der Waals surface area (Å²) in [6, 6.07) is 23.2. The number of nitrogens with zero attached hydrogens (tertiary/aromatic N) is 3. The fourth-order valence-electron chi connectivity index (χ4n) is 2.61. The number of rotatable bonds is 3. The molecule has 4 aromatic rings. The van der Waals surface area contributed by atoms with E-state index in [1.807, 2.05) is 66.7 Å². The average molecular weight is 345 g/mol. The van der Waals surface area contributed by atoms with Crippen LogP contribution in [0.25, 0.3) is 10.2 Å². The van der Waals surface area contributed by atoms with Gasteiger partial charge in [-0.1, -0.05) is 59.9 Å². The highest BCUT2D eigenvalue weighted by atomic mass is 32.1. The lowest BCUT2D eigenvalue weighted by atomic mass is 10.2. The summed E-state index contributed by atoms with van der Waals surface area (Å²) in [5.41, 5.74) is 1.81. The van der Waals surface area contributed by atoms with Gasteiger partial charge in [0.05, 0.1) is 17.6 Å². The molecule has 0 aliphatic carbocycles. The first-order chi connectivity index (χ1) is 12.3. The monoisotopic (exact) mass is 345 g/mol. The predicted octanol–water partition coefficient (Wildman–Crippen LogP) is 3.74. The van der Waals surface area contributed by atoms with Crippen molar-refractivity contribution in [3.05, 3.63) is 99.7 Å². The maximum absolute atomic E-state index is 13.0. The van der Waals surface area contributed by atoms with Crippen molar-refractivity contribution in [2.24, 2.45) is 4.99 Å². The molecule has 5 heteroatoms. The van der Waals surface area contributed by atoms with Crippen LogP contribution in [0.15, 0.2) is 88.8 Å². The van der Waals surface area contributed by atoms with Gasteiger partial charge >= 0.3 is 0 Å². The van der Waals surface area contributed by atoms with Crippen molar-refractivity contribution >= 4 is 27.2 Å². The lowest BCUT2D eigenvalue weighted by molar-refractivity contribution is 0.739. The van der Waals surface area contributed by atoms with Crippen molar-refractivity contribution in [2.45, 2.75) is 6.54 Å². The molecular weight excluding hydrogens is 330 g/mol. The molecule has 0 amide bonds. The van der Waals surface area contributed by atoms with E-state index in [9.17, 15) is 4.79 Å². The van der Waals surface area contributed by atoms with E-state index in [1.165, 1.54) is 11.3 Å². The average Bonchev–Trinajstić information content (AvgIpc) is 2.67. The molecule has 0 fully saturated rings. The van der Waals surface area contributed by atoms with Crippen molar-refractivity contribution in [2.75, 3.05) is 0 Å². The Kier molecular flexibility index (Phi) is 4.23. The molecule has 0 N–H and O–H groups in total. The molecule has 0 unspecified atom stereocenters. The molecule has 0 aliphatic rings. The molecule has 0 saturated carbocycles. The van der Waals surface area contributed by atoms with Gasteiger partial charge in [0.2, 0.25) is 0 Å². The van der Waals surface area contributed by atoms with Crippen LogP contribution < -0.4 is 10.4 Å². The van der Waals surface area contributed by atoms with Crippen LogP contribution in [0.1, 0.15) is 5.56 Å². The molecule has 122 valence electrons. The van der Waals surface area contributed by atoms with E-state index in [1.54, 1.807) is 16.8 Å². The number of benzene rings is 2. The fraction of sp³-hybridized carbons (Fsp3) is 0.0500. The topological polar surface area (TPSA) is 47.2 Å². The number of para-hydroxylation sites is 1. The van der Waals surface area contributed by atoms with Crippen LogP contribution in [0, 0.1) is 0 Å². The van der Waals surface area contributed by atoms with E-state index in [0.29, 0.717) is 21.6 Å². The molecule has 25 heavy (non-hydrogen) atoms. The summed E-state index contributed by atoms with van der Waals surface area (Å²) in [5, 5.41) is 0.621. The van der Waals surface area contributed by atoms with Crippen LogP contribution in [-0.2, 0) is 6.54 Å². The number of pyridine rings is 1. The Labute approximate surface area is 148 Å². The molecule has 0 bridgehead atoms. The van der Waals surface area contributed by atoms with Crippen LogP contribution in [0.3, 0.4) is 0 Å². The second-order valence-electron chi connectivity index (χ2n) is 5.57. The number of fused-ring (bicyclic) bond motifs is 1. The third-order valence-electron chi connectivity index (χ3n) is 3.83. The third kappa shape index (κ3) is 3.27. The zero-order valence-electron chi connectivity index (χ0n) is 13.4. The molecule has 0 saturated heterocycles. The van der Waals surface area contributed by atoms with Crippen LogP contribution in [-0.4, -0.2) is 9.55 Å². The van der Waals surface area contributed by atoms with Gasteiger partial charge in [0.15, 0.2) is 4.80 Å². The van der Waals surface area contributed by atoms with E-state index in [0.717, 1.165) is 11.3 Å². The third-order valence-corrected chi connectivity index (χ3v) is 4.84. The summed E-state index contributed by atoms with van der Waals surface area (Å²) >= 11 is 1.43. The minimum atomic E-state index is -0.0691. The molecule has 2 heterocycles. The molecule has 2 aromatic carbocycles. The first-order valence-corrected chi connectivity index (χ1v) is 8.75. The van der Waals surface area contributed by atoms with Gasteiger partial charge < -0.3 is 0 Å². The van der Waals surface area contributed by atoms with Gasteiger partial charge in [-0.2, -0.15) is 0 Å². The molecule has 0 aliphatic heterocycles. The Bertz CT molecular complexity index is 1130. The summed E-state index contributed by atoms with van der Waals surface area (Å²) in [7, 11) is 0. The lowest BCUT2D eigenvalue weighted by Gasteiger charge is -2.08. The summed E-state index contributed by atoms with van der Waals surface area (Å²) < 4.78 is 1.72. The summed E-state index contributed by atoms with van der Waals surface area (Å²) in [5.74, 6) is 0. The lowest BCUT2D eigenvalue weighted by Crippen LogP contribution is -2.32. The summed E-state index contributed by atoms with van der Waals surface area (Å²) in [6.07, 6.45) is 1.70. The van der Waals surface area contributed by atoms with Crippen molar-refractivity contribution in [1.29, 1.82) is 0 Å². The highest BCUT2D eigenvalue weighted by Gasteiger charge is 2.08. The minimum absolute atomic E-state index is 0.0691. The molecule has 0 spiro atoms. The Balaban J connectivity index is 1.98. The zero-order valence-corrected chi connectivity index (χ0v) is 14.2. The largest absolute Gasteiger partial charge is 0.279 e. The van der Waals surface area contributed by atoms with Crippen molar-refractivity contribution in [3.63, 3.8) is 0 Å². The SMILES string of the molecule is O=c1c2cccnc2s/c(=N\c2ccccc2)n1Cc1ccccc1. The van der Waals surface area contributed by atoms with Gasteiger partial charge in [-0.3, -0.25) is 9.36 Å². The second-order valence-corrected chi connectivity index (χ2v) is 6.52. The Hall–Kier alpha value is -3.05. The second kappa shape index (κ2) is 6.83. The molecular formula is C20H15N3OS. The maximum Gasteiger partial charge on any atom is 0.263 e. The van der Waals surface area contributed by atoms with Crippen molar-refractivity contribution in [3.8, 4) is 0 Å². The maximum atomic E-state index is 13.0. The molecule has 2 aromatic heterocycles. The fourth-order valence-corrected chi connectivity index (χ4v) is 3.57. The highest BCUT2D eigenvalue weighted by Crippen LogP contribution is 2.12. The van der Waals surface area contributed by atoms with Gasteiger partial charge in [-0.15, -0.1) is 0 Å². The van der Waals surface area contributed by atoms with Gasteiger partial charge in [0, 0.05) is 6.20 Å². The van der Waals surface area contributed by atoms with Crippen molar-refractivity contribution < 1.29 is 0 Å². The van der Waals surface area contributed by atoms with E-state index >= 15 is 0 Å². The molecule has 4 rings (SSSR count). The number of hydrogen-bond donors (Lipinski definition) is 0. The first kappa shape index (κ1) is 15.5. The summed E-state index contributed by atoms with van der Waals surface area (Å²) in [4.78, 5) is 23.4. The minimum Gasteiger partial charge on any atom is -0.279 e. The van der Waals surface area contributed by atoms with E-state index in [2.05, 4.69) is 9.98 Å². The number of hydrogen-bond acceptors (Lipinski definition) is 4. The summed E-state index contributed by atoms with van der Waals surface area (Å²) in [6.45, 7) is 0.479. The quantitative estimate of drug-likeness (QED) is 0.568. The van der Waals surface area contributed by atoms with E-state index in [4.69, 9.17) is 0 Å². The molecule has 0 radical (unpaired) electrons. The molecule has 4 nitrogen and oxygen atoms in total. The standard InChI is InChI=1S/C20H15N3OS/c24-19-17-12-7-13-21-18(17)25-20(22-16-10-5-2-6-11-16)23(19)14-15-8-3-1-4-9-15/h1-13H,14H2/b22-20-. The normalized spacial score (nSPS) is 11.8. The van der Waals surface area contributed by atoms with Gasteiger partial charge in [0.1, 0.15) is 4.83 Å². The van der Waals surface area contributed by atoms with E-state index < -0.39 is 0 Å². The number of aromatic nitrogens is 2. The van der Waals surface area contributed by atoms with Crippen LogP contribution >= 0.6 is 11.3 Å². The predicted molar refractivity (Wildman–Crippen MR) is 101 cm³/mol. The van der Waals surface area contributed by atoms with Gasteiger partial charge in [-0.25, -0.2) is 9.98 Å². The van der Waals surface area contributed by atoms with Crippen LogP contribution in [0.4, 0.5) is 5.69 Å². The van der Waals surface area contributed by atoms with Crippen molar-refractivity contribution in [1.82, 2.24) is 9.55 Å².